The quantitative estimate of drug-likeness (QED) is 0.641. The number of nitrogens with zero attached hydrogens (tertiary/aromatic N) is 1. The van der Waals surface area contributed by atoms with Crippen LogP contribution in [0.1, 0.15) is 29.8 Å². The Hall–Kier alpha value is -3.07. The molecule has 0 aliphatic rings. The zero-order valence-electron chi connectivity index (χ0n) is 17.6. The molecule has 0 aromatic heterocycles. The molecule has 0 spiro atoms. The smallest absolute Gasteiger partial charge is 0.338 e. The lowest BCUT2D eigenvalue weighted by Gasteiger charge is -2.18. The first-order valence-electron chi connectivity index (χ1n) is 9.32. The van der Waals surface area contributed by atoms with E-state index in [2.05, 4.69) is 5.32 Å². The van der Waals surface area contributed by atoms with Crippen molar-refractivity contribution in [3.8, 4) is 5.75 Å². The average Bonchev–Trinajstić information content (AvgIpc) is 2.69. The van der Waals surface area contributed by atoms with Gasteiger partial charge in [-0.1, -0.05) is 6.07 Å². The van der Waals surface area contributed by atoms with Gasteiger partial charge in [0.15, 0.2) is 6.10 Å². The molecule has 162 valence electrons. The molecule has 0 saturated heterocycles. The van der Waals surface area contributed by atoms with E-state index < -0.39 is 28.0 Å². The van der Waals surface area contributed by atoms with Gasteiger partial charge >= 0.3 is 5.97 Å². The third-order valence-electron chi connectivity index (χ3n) is 4.39. The lowest BCUT2D eigenvalue weighted by molar-refractivity contribution is -0.122. The number of carbonyl (C=O) groups is 2. The van der Waals surface area contributed by atoms with Crippen molar-refractivity contribution >= 4 is 33.3 Å². The molecule has 0 aliphatic carbocycles. The van der Waals surface area contributed by atoms with Gasteiger partial charge in [0.25, 0.3) is 5.91 Å². The molecule has 1 atom stereocenters. The van der Waals surface area contributed by atoms with Crippen LogP contribution in [-0.2, 0) is 19.6 Å². The summed E-state index contributed by atoms with van der Waals surface area (Å²) in [6.07, 6.45) is 0.289. The van der Waals surface area contributed by atoms with Gasteiger partial charge in [0.05, 0.1) is 24.1 Å². The maximum absolute atomic E-state index is 12.5. The van der Waals surface area contributed by atoms with Crippen molar-refractivity contribution in [2.45, 2.75) is 26.9 Å². The number of amides is 1. The number of aryl methyl sites for hydroxylation is 1. The van der Waals surface area contributed by atoms with Crippen LogP contribution in [0.25, 0.3) is 0 Å². The molecule has 0 heterocycles. The van der Waals surface area contributed by atoms with Gasteiger partial charge in [-0.15, -0.1) is 0 Å². The van der Waals surface area contributed by atoms with Crippen LogP contribution >= 0.6 is 0 Å². The van der Waals surface area contributed by atoms with E-state index in [1.54, 1.807) is 56.3 Å². The number of hydrogen-bond acceptors (Lipinski definition) is 6. The molecule has 2 rings (SSSR count). The Morgan fingerprint density at radius 3 is 2.33 bits per heavy atom. The van der Waals surface area contributed by atoms with E-state index in [0.717, 1.165) is 16.1 Å². The maximum Gasteiger partial charge on any atom is 0.338 e. The zero-order chi connectivity index (χ0) is 22.5. The van der Waals surface area contributed by atoms with E-state index in [9.17, 15) is 18.0 Å². The Morgan fingerprint density at radius 1 is 1.13 bits per heavy atom. The van der Waals surface area contributed by atoms with E-state index in [4.69, 9.17) is 9.47 Å². The Morgan fingerprint density at radius 2 is 1.77 bits per heavy atom. The molecule has 1 N–H and O–H groups in total. The molecule has 1 amide bonds. The standard InChI is InChI=1S/C21H26N2O6S/c1-6-28-21(25)16-8-7-14(2)19(13-16)22-20(24)15(3)29-18-11-9-17(10-12-18)23(4)30(5,26)27/h7-13,15H,6H2,1-5H3,(H,22,24)/t15-/m1/s1. The fourth-order valence-electron chi connectivity index (χ4n) is 2.52. The summed E-state index contributed by atoms with van der Waals surface area (Å²) < 4.78 is 35.0. The molecule has 0 aliphatic heterocycles. The number of anilines is 2. The number of carbonyl (C=O) groups excluding carboxylic acids is 2. The Kier molecular flexibility index (Phi) is 7.44. The van der Waals surface area contributed by atoms with Crippen LogP contribution in [0.15, 0.2) is 42.5 Å². The third-order valence-corrected chi connectivity index (χ3v) is 5.59. The molecule has 0 radical (unpaired) electrons. The molecular formula is C21H26N2O6S. The van der Waals surface area contributed by atoms with Crippen molar-refractivity contribution in [3.63, 3.8) is 0 Å². The van der Waals surface area contributed by atoms with Crippen molar-refractivity contribution in [1.29, 1.82) is 0 Å². The predicted molar refractivity (Wildman–Crippen MR) is 116 cm³/mol. The average molecular weight is 435 g/mol. The number of rotatable bonds is 8. The number of benzene rings is 2. The van der Waals surface area contributed by atoms with E-state index in [0.29, 0.717) is 22.7 Å². The highest BCUT2D eigenvalue weighted by atomic mass is 32.2. The van der Waals surface area contributed by atoms with Gasteiger partial charge in [-0.25, -0.2) is 13.2 Å². The number of ether oxygens (including phenoxy) is 2. The number of hydrogen-bond donors (Lipinski definition) is 1. The molecule has 30 heavy (non-hydrogen) atoms. The summed E-state index contributed by atoms with van der Waals surface area (Å²) in [5.41, 5.74) is 2.10. The summed E-state index contributed by atoms with van der Waals surface area (Å²) in [7, 11) is -1.91. The SMILES string of the molecule is CCOC(=O)c1ccc(C)c(NC(=O)[C@@H](C)Oc2ccc(N(C)S(C)(=O)=O)cc2)c1. The van der Waals surface area contributed by atoms with Crippen LogP contribution in [0.5, 0.6) is 5.75 Å². The van der Waals surface area contributed by atoms with Gasteiger partial charge in [0, 0.05) is 12.7 Å². The Balaban J connectivity index is 2.06. The van der Waals surface area contributed by atoms with Crippen LogP contribution in [0.3, 0.4) is 0 Å². The second kappa shape index (κ2) is 9.62. The van der Waals surface area contributed by atoms with E-state index in [1.165, 1.54) is 7.05 Å². The van der Waals surface area contributed by atoms with Gasteiger partial charge in [0.2, 0.25) is 10.0 Å². The van der Waals surface area contributed by atoms with Gasteiger partial charge in [-0.3, -0.25) is 9.10 Å². The third kappa shape index (κ3) is 5.96. The second-order valence-corrected chi connectivity index (χ2v) is 8.74. The van der Waals surface area contributed by atoms with Gasteiger partial charge in [-0.2, -0.15) is 0 Å². The van der Waals surface area contributed by atoms with E-state index >= 15 is 0 Å². The molecule has 0 saturated carbocycles. The van der Waals surface area contributed by atoms with Crippen LogP contribution in [0, 0.1) is 6.92 Å². The van der Waals surface area contributed by atoms with Crippen LogP contribution in [0.4, 0.5) is 11.4 Å². The van der Waals surface area contributed by atoms with Crippen molar-refractivity contribution in [2.24, 2.45) is 0 Å². The number of sulfonamides is 1. The van der Waals surface area contributed by atoms with E-state index in [1.807, 2.05) is 6.92 Å². The molecular weight excluding hydrogens is 408 g/mol. The fraction of sp³-hybridized carbons (Fsp3) is 0.333. The molecule has 0 bridgehead atoms. The van der Waals surface area contributed by atoms with Crippen LogP contribution in [-0.4, -0.2) is 46.3 Å². The molecule has 8 nitrogen and oxygen atoms in total. The number of esters is 1. The van der Waals surface area contributed by atoms with Crippen LogP contribution < -0.4 is 14.4 Å². The minimum absolute atomic E-state index is 0.262. The lowest BCUT2D eigenvalue weighted by Crippen LogP contribution is -2.30. The summed E-state index contributed by atoms with van der Waals surface area (Å²) in [6, 6.07) is 11.3. The van der Waals surface area contributed by atoms with Crippen molar-refractivity contribution in [1.82, 2.24) is 0 Å². The first-order valence-corrected chi connectivity index (χ1v) is 11.2. The first-order chi connectivity index (χ1) is 14.0. The van der Waals surface area contributed by atoms with Gasteiger partial charge in [-0.05, 0) is 62.7 Å². The van der Waals surface area contributed by atoms with Crippen molar-refractivity contribution < 1.29 is 27.5 Å². The van der Waals surface area contributed by atoms with Crippen LogP contribution in [0.2, 0.25) is 0 Å². The lowest BCUT2D eigenvalue weighted by atomic mass is 10.1. The van der Waals surface area contributed by atoms with Crippen molar-refractivity contribution in [2.75, 3.05) is 29.5 Å². The maximum atomic E-state index is 12.5. The predicted octanol–water partition coefficient (Wildman–Crippen LogP) is 2.97. The van der Waals surface area contributed by atoms with Crippen molar-refractivity contribution in [3.05, 3.63) is 53.6 Å². The monoisotopic (exact) mass is 434 g/mol. The molecule has 0 fully saturated rings. The molecule has 2 aromatic rings. The fourth-order valence-corrected chi connectivity index (χ4v) is 3.02. The summed E-state index contributed by atoms with van der Waals surface area (Å²) in [4.78, 5) is 24.4. The van der Waals surface area contributed by atoms with Gasteiger partial charge < -0.3 is 14.8 Å². The van der Waals surface area contributed by atoms with E-state index in [-0.39, 0.29) is 6.61 Å². The zero-order valence-corrected chi connectivity index (χ0v) is 18.4. The normalized spacial score (nSPS) is 12.0. The first kappa shape index (κ1) is 23.2. The minimum atomic E-state index is -3.36. The summed E-state index contributed by atoms with van der Waals surface area (Å²) >= 11 is 0. The second-order valence-electron chi connectivity index (χ2n) is 6.72. The Labute approximate surface area is 176 Å². The highest BCUT2D eigenvalue weighted by molar-refractivity contribution is 7.92. The topological polar surface area (TPSA) is 102 Å². The summed E-state index contributed by atoms with van der Waals surface area (Å²) in [5, 5.41) is 2.76. The summed E-state index contributed by atoms with van der Waals surface area (Å²) in [6.45, 7) is 5.39. The molecule has 9 heteroatoms. The highest BCUT2D eigenvalue weighted by Gasteiger charge is 2.18. The minimum Gasteiger partial charge on any atom is -0.481 e. The molecule has 2 aromatic carbocycles. The molecule has 0 unspecified atom stereocenters. The summed E-state index contributed by atoms with van der Waals surface area (Å²) in [5.74, 6) is -0.437. The largest absolute Gasteiger partial charge is 0.481 e. The Bertz CT molecular complexity index is 1020. The highest BCUT2D eigenvalue weighted by Crippen LogP contribution is 2.22. The number of nitrogens with one attached hydrogen (secondary N) is 1. The van der Waals surface area contributed by atoms with Gasteiger partial charge in [0.1, 0.15) is 5.75 Å².